The average Bonchev–Trinajstić information content (AvgIpc) is 3.00. The molecule has 0 atom stereocenters. The van der Waals surface area contributed by atoms with E-state index in [1.165, 1.54) is 24.3 Å². The van der Waals surface area contributed by atoms with Crippen molar-refractivity contribution in [2.75, 3.05) is 6.61 Å². The summed E-state index contributed by atoms with van der Waals surface area (Å²) in [7, 11) is -3.74. The fourth-order valence-electron chi connectivity index (χ4n) is 3.09. The van der Waals surface area contributed by atoms with E-state index < -0.39 is 22.6 Å². The van der Waals surface area contributed by atoms with Crippen molar-refractivity contribution in [1.29, 1.82) is 0 Å². The van der Waals surface area contributed by atoms with Crippen LogP contribution in [0.3, 0.4) is 0 Å². The second-order valence-corrected chi connectivity index (χ2v) is 8.69. The smallest absolute Gasteiger partial charge is 0.338 e. The lowest BCUT2D eigenvalue weighted by molar-refractivity contribution is 0.0474. The molecule has 0 saturated heterocycles. The Kier molecular flexibility index (Phi) is 5.86. The van der Waals surface area contributed by atoms with Crippen LogP contribution in [0.25, 0.3) is 10.9 Å². The van der Waals surface area contributed by atoms with Crippen LogP contribution in [0.4, 0.5) is 0 Å². The van der Waals surface area contributed by atoms with E-state index in [4.69, 9.17) is 4.74 Å². The monoisotopic (exact) mass is 414 g/mol. The number of para-hydroxylation sites is 1. The fourth-order valence-corrected chi connectivity index (χ4v) is 4.39. The summed E-state index contributed by atoms with van der Waals surface area (Å²) in [5.74, 6) is -1.10. The number of ketones is 1. The first-order valence-corrected chi connectivity index (χ1v) is 10.6. The van der Waals surface area contributed by atoms with Crippen molar-refractivity contribution in [3.05, 3.63) is 65.4 Å². The van der Waals surface area contributed by atoms with Gasteiger partial charge >= 0.3 is 5.97 Å². The van der Waals surface area contributed by atoms with E-state index in [1.807, 2.05) is 24.3 Å². The molecule has 1 heterocycles. The summed E-state index contributed by atoms with van der Waals surface area (Å²) >= 11 is 0. The number of Topliss-reactive ketones (excluding diaryl/α,β-unsaturated/α-hetero) is 1. The summed E-state index contributed by atoms with van der Waals surface area (Å²) in [6.07, 6.45) is 0. The van der Waals surface area contributed by atoms with E-state index in [9.17, 15) is 18.0 Å². The summed E-state index contributed by atoms with van der Waals surface area (Å²) in [5.41, 5.74) is 2.06. The highest BCUT2D eigenvalue weighted by molar-refractivity contribution is 7.89. The molecule has 0 aliphatic rings. The van der Waals surface area contributed by atoms with Gasteiger partial charge in [-0.25, -0.2) is 17.9 Å². The molecule has 0 unspecified atom stereocenters. The molecule has 0 spiro atoms. The minimum absolute atomic E-state index is 0.0422. The topological polar surface area (TPSA) is 105 Å². The van der Waals surface area contributed by atoms with Crippen LogP contribution >= 0.6 is 0 Å². The zero-order chi connectivity index (χ0) is 21.2. The molecule has 7 nitrogen and oxygen atoms in total. The number of ether oxygens (including phenoxy) is 1. The molecule has 2 N–H and O–H groups in total. The Morgan fingerprint density at radius 2 is 1.83 bits per heavy atom. The minimum Gasteiger partial charge on any atom is -0.454 e. The number of rotatable bonds is 7. The van der Waals surface area contributed by atoms with Crippen molar-refractivity contribution in [3.63, 3.8) is 0 Å². The fraction of sp³-hybridized carbons (Fsp3) is 0.238. The summed E-state index contributed by atoms with van der Waals surface area (Å²) in [5, 5.41) is 0.763. The number of fused-ring (bicyclic) bond motifs is 1. The van der Waals surface area contributed by atoms with Gasteiger partial charge in [-0.1, -0.05) is 24.3 Å². The Labute approximate surface area is 169 Å². The number of nitrogens with one attached hydrogen (secondary N) is 2. The van der Waals surface area contributed by atoms with Crippen LogP contribution in [-0.2, 0) is 14.8 Å². The van der Waals surface area contributed by atoms with Crippen LogP contribution in [0.15, 0.2) is 53.4 Å². The van der Waals surface area contributed by atoms with E-state index in [0.29, 0.717) is 11.3 Å². The molecule has 1 aromatic heterocycles. The van der Waals surface area contributed by atoms with E-state index in [0.717, 1.165) is 10.9 Å². The second kappa shape index (κ2) is 8.18. The quantitative estimate of drug-likeness (QED) is 0.456. The van der Waals surface area contributed by atoms with Gasteiger partial charge in [-0.15, -0.1) is 0 Å². The predicted molar refractivity (Wildman–Crippen MR) is 110 cm³/mol. The lowest BCUT2D eigenvalue weighted by Crippen LogP contribution is -2.30. The summed E-state index contributed by atoms with van der Waals surface area (Å²) in [4.78, 5) is 28.1. The van der Waals surface area contributed by atoms with Crippen molar-refractivity contribution >= 4 is 32.7 Å². The van der Waals surface area contributed by atoms with E-state index in [1.54, 1.807) is 20.8 Å². The van der Waals surface area contributed by atoms with Crippen molar-refractivity contribution in [1.82, 2.24) is 9.71 Å². The molecule has 152 valence electrons. The standard InChI is InChI=1S/C21H22N2O5S/c1-13(2)23-29(26,27)16-8-6-7-15(11-16)21(25)28-12-19(24)20-14(3)22-18-10-5-4-9-17(18)20/h4-11,13,22-23H,12H2,1-3H3. The number of aromatic amines is 1. The van der Waals surface area contributed by atoms with Gasteiger partial charge in [-0.3, -0.25) is 4.79 Å². The molecule has 8 heteroatoms. The maximum absolute atomic E-state index is 12.6. The first kappa shape index (κ1) is 20.8. The lowest BCUT2D eigenvalue weighted by Gasteiger charge is -2.10. The third-order valence-electron chi connectivity index (χ3n) is 4.28. The molecule has 2 aromatic carbocycles. The number of hydrogen-bond donors (Lipinski definition) is 2. The Hall–Kier alpha value is -2.97. The second-order valence-electron chi connectivity index (χ2n) is 6.97. The summed E-state index contributed by atoms with van der Waals surface area (Å²) < 4.78 is 32.2. The van der Waals surface area contributed by atoms with Gasteiger partial charge in [0.25, 0.3) is 0 Å². The van der Waals surface area contributed by atoms with Gasteiger partial charge < -0.3 is 9.72 Å². The van der Waals surface area contributed by atoms with Gasteiger partial charge in [0.15, 0.2) is 6.61 Å². The Morgan fingerprint density at radius 3 is 2.55 bits per heavy atom. The highest BCUT2D eigenvalue weighted by Gasteiger charge is 2.20. The molecule has 3 rings (SSSR count). The third-order valence-corrected chi connectivity index (χ3v) is 5.93. The molecule has 0 saturated carbocycles. The number of aryl methyl sites for hydroxylation is 1. The molecule has 0 bridgehead atoms. The van der Waals surface area contributed by atoms with Gasteiger partial charge in [0.05, 0.1) is 10.5 Å². The average molecular weight is 414 g/mol. The third kappa shape index (κ3) is 4.55. The van der Waals surface area contributed by atoms with Crippen LogP contribution in [0.1, 0.15) is 40.3 Å². The lowest BCUT2D eigenvalue weighted by atomic mass is 10.1. The van der Waals surface area contributed by atoms with E-state index in [2.05, 4.69) is 9.71 Å². The van der Waals surface area contributed by atoms with E-state index in [-0.39, 0.29) is 22.3 Å². The van der Waals surface area contributed by atoms with Crippen LogP contribution in [0.5, 0.6) is 0 Å². The first-order valence-electron chi connectivity index (χ1n) is 9.09. The van der Waals surface area contributed by atoms with Crippen LogP contribution in [0.2, 0.25) is 0 Å². The molecule has 0 amide bonds. The maximum atomic E-state index is 12.6. The molecule has 0 aliphatic heterocycles. The van der Waals surface area contributed by atoms with Crippen LogP contribution in [-0.4, -0.2) is 37.8 Å². The SMILES string of the molecule is Cc1[nH]c2ccccc2c1C(=O)COC(=O)c1cccc(S(=O)(=O)NC(C)C)c1. The molecule has 0 radical (unpaired) electrons. The minimum atomic E-state index is -3.74. The molecular weight excluding hydrogens is 392 g/mol. The predicted octanol–water partition coefficient (Wildman–Crippen LogP) is 3.20. The zero-order valence-electron chi connectivity index (χ0n) is 16.4. The van der Waals surface area contributed by atoms with Gasteiger partial charge in [0.2, 0.25) is 15.8 Å². The largest absolute Gasteiger partial charge is 0.454 e. The summed E-state index contributed by atoms with van der Waals surface area (Å²) in [6.45, 7) is 4.75. The normalized spacial score (nSPS) is 11.7. The number of carbonyl (C=O) groups excluding carboxylic acids is 2. The highest BCUT2D eigenvalue weighted by atomic mass is 32.2. The molecule has 29 heavy (non-hydrogen) atoms. The van der Waals surface area contributed by atoms with Gasteiger partial charge in [-0.2, -0.15) is 0 Å². The first-order chi connectivity index (χ1) is 13.7. The molecule has 0 fully saturated rings. The van der Waals surface area contributed by atoms with Crippen molar-refractivity contribution in [2.45, 2.75) is 31.7 Å². The summed E-state index contributed by atoms with van der Waals surface area (Å²) in [6, 6.07) is 12.6. The van der Waals surface area contributed by atoms with Crippen molar-refractivity contribution in [3.8, 4) is 0 Å². The number of hydrogen-bond acceptors (Lipinski definition) is 5. The number of esters is 1. The Morgan fingerprint density at radius 1 is 1.10 bits per heavy atom. The number of carbonyl (C=O) groups is 2. The van der Waals surface area contributed by atoms with Gasteiger partial charge in [0, 0.05) is 28.2 Å². The van der Waals surface area contributed by atoms with Crippen LogP contribution in [0, 0.1) is 6.92 Å². The number of H-pyrrole nitrogens is 1. The van der Waals surface area contributed by atoms with Crippen LogP contribution < -0.4 is 4.72 Å². The molecule has 0 aliphatic carbocycles. The molecular formula is C21H22N2O5S. The Bertz CT molecular complexity index is 1180. The maximum Gasteiger partial charge on any atom is 0.338 e. The Balaban J connectivity index is 1.75. The van der Waals surface area contributed by atoms with Gasteiger partial charge in [0.1, 0.15) is 0 Å². The number of sulfonamides is 1. The van der Waals surface area contributed by atoms with Gasteiger partial charge in [-0.05, 0) is 45.0 Å². The number of aromatic nitrogens is 1. The van der Waals surface area contributed by atoms with Crippen molar-refractivity contribution in [2.24, 2.45) is 0 Å². The molecule has 3 aromatic rings. The van der Waals surface area contributed by atoms with E-state index >= 15 is 0 Å². The zero-order valence-corrected chi connectivity index (χ0v) is 17.2. The highest BCUT2D eigenvalue weighted by Crippen LogP contribution is 2.22. The number of benzene rings is 2. The van der Waals surface area contributed by atoms with Crippen molar-refractivity contribution < 1.29 is 22.7 Å².